The maximum absolute atomic E-state index is 14.3. The Kier molecular flexibility index (Phi) is 22.4. The first-order valence-corrected chi connectivity index (χ1v) is 25.7. The lowest BCUT2D eigenvalue weighted by Gasteiger charge is -2.32. The normalized spacial score (nSPS) is 19.6. The molecule has 0 spiro atoms. The van der Waals surface area contributed by atoms with Gasteiger partial charge < -0.3 is 56.2 Å². The number of nitrogens with two attached hydrogens (primary N) is 3. The molecule has 1 saturated heterocycles. The number of hydrogen-bond donors (Lipinski definition) is 4. The molecule has 2 aromatic carbocycles. The summed E-state index contributed by atoms with van der Waals surface area (Å²) in [5.74, 6) is 2.54. The number of ketones is 2. The zero-order valence-corrected chi connectivity index (χ0v) is 42.7. The monoisotopic (exact) mass is 961 g/mol. The Hall–Kier alpha value is -4.93. The maximum Gasteiger partial charge on any atom is 0.257 e. The van der Waals surface area contributed by atoms with Crippen LogP contribution in [0.1, 0.15) is 157 Å². The predicted octanol–water partition coefficient (Wildman–Crippen LogP) is 6.70. The van der Waals surface area contributed by atoms with E-state index in [-0.39, 0.29) is 53.7 Å². The van der Waals surface area contributed by atoms with Crippen LogP contribution in [-0.4, -0.2) is 144 Å². The number of carbonyl (C=O) groups excluding carboxylic acids is 4. The maximum atomic E-state index is 14.3. The molecule has 1 heterocycles. The van der Waals surface area contributed by atoms with E-state index in [1.165, 1.54) is 14.2 Å². The van der Waals surface area contributed by atoms with Crippen LogP contribution in [-0.2, 0) is 0 Å². The number of carbonyl (C=O) groups is 4. The van der Waals surface area contributed by atoms with Crippen LogP contribution < -0.4 is 41.5 Å². The lowest BCUT2D eigenvalue weighted by atomic mass is 9.81. The van der Waals surface area contributed by atoms with Gasteiger partial charge in [0.1, 0.15) is 23.0 Å². The van der Waals surface area contributed by atoms with Crippen molar-refractivity contribution in [2.45, 2.75) is 128 Å². The summed E-state index contributed by atoms with van der Waals surface area (Å²) in [5, 5.41) is 3.25. The smallest absolute Gasteiger partial charge is 0.257 e. The fourth-order valence-electron chi connectivity index (χ4n) is 10.0. The van der Waals surface area contributed by atoms with Crippen molar-refractivity contribution in [2.75, 3.05) is 88.3 Å². The summed E-state index contributed by atoms with van der Waals surface area (Å²) in [6, 6.07) is 6.77. The second kappa shape index (κ2) is 28.1. The molecule has 2 aliphatic carbocycles. The van der Waals surface area contributed by atoms with Crippen molar-refractivity contribution in [3.8, 4) is 23.0 Å². The number of guanidine groups is 1. The number of nitrogens with zero attached hydrogens (tertiary/aromatic N) is 4. The van der Waals surface area contributed by atoms with Gasteiger partial charge in [0.15, 0.2) is 17.5 Å². The Morgan fingerprint density at radius 1 is 0.594 bits per heavy atom. The van der Waals surface area contributed by atoms with Crippen molar-refractivity contribution in [3.63, 3.8) is 0 Å². The first-order chi connectivity index (χ1) is 33.3. The summed E-state index contributed by atoms with van der Waals surface area (Å²) in [6.45, 7) is 3.75. The van der Waals surface area contributed by atoms with E-state index >= 15 is 0 Å². The summed E-state index contributed by atoms with van der Waals surface area (Å²) >= 11 is 0. The van der Waals surface area contributed by atoms with Gasteiger partial charge in [-0.2, -0.15) is 0 Å². The van der Waals surface area contributed by atoms with Crippen LogP contribution in [0.25, 0.3) is 0 Å². The third kappa shape index (κ3) is 16.0. The molecule has 0 unspecified atom stereocenters. The van der Waals surface area contributed by atoms with E-state index in [0.29, 0.717) is 116 Å². The lowest BCUT2D eigenvalue weighted by molar-refractivity contribution is 0.0688. The molecule has 16 nitrogen and oxygen atoms in total. The number of aliphatic imine (C=N–C) groups is 1. The minimum Gasteiger partial charge on any atom is -0.496 e. The van der Waals surface area contributed by atoms with Crippen molar-refractivity contribution in [1.29, 1.82) is 0 Å². The third-order valence-electron chi connectivity index (χ3n) is 14.2. The molecular formula is C53H84N8O8. The Balaban J connectivity index is 1.25. The van der Waals surface area contributed by atoms with E-state index in [0.717, 1.165) is 95.9 Å². The zero-order chi connectivity index (χ0) is 49.9. The zero-order valence-electron chi connectivity index (χ0n) is 42.7. The fourth-order valence-corrected chi connectivity index (χ4v) is 10.0. The number of nitrogens with one attached hydrogen (secondary N) is 1. The molecule has 0 radical (unpaired) electrons. The number of piperidine rings is 1. The number of unbranched alkanes of at least 4 members (excludes halogenated alkanes) is 4. The molecule has 0 aromatic heterocycles. The molecule has 2 amide bonds. The molecule has 1 aliphatic heterocycles. The predicted molar refractivity (Wildman–Crippen MR) is 272 cm³/mol. The summed E-state index contributed by atoms with van der Waals surface area (Å²) < 4.78 is 23.9. The van der Waals surface area contributed by atoms with Gasteiger partial charge in [-0.3, -0.25) is 19.2 Å². The minimum atomic E-state index is -0.318. The molecule has 0 bridgehead atoms. The van der Waals surface area contributed by atoms with Crippen molar-refractivity contribution in [2.24, 2.45) is 39.9 Å². The number of Topliss-reactive ketones (excluding diaryl/α,β-unsaturated/α-hetero) is 2. The molecule has 3 fully saturated rings. The standard InChI is InChI=1S/C53H84N8O8/c1-59(2)53(60(3)4)58-40-19-15-37(16-20-40)30-46(63)42-31-41(47(66-5)33-48(42)67-6)45(62)29-36-13-17-39(18-14-36)57-51(64)43-32-44(52(65)61-25-21-38(35-56)22-26-61)50(69-28-12-8-10-24-55)34-49(43)68-27-11-7-9-23-54/h31-34,36-40H,7-30,35,54-56H2,1-6H3,(H,57,64). The van der Waals surface area contributed by atoms with Gasteiger partial charge in [0, 0.05) is 72.3 Å². The van der Waals surface area contributed by atoms with Gasteiger partial charge in [0.05, 0.1) is 55.7 Å². The van der Waals surface area contributed by atoms with Crippen molar-refractivity contribution in [1.82, 2.24) is 20.0 Å². The van der Waals surface area contributed by atoms with Crippen LogP contribution in [0.2, 0.25) is 0 Å². The molecule has 16 heteroatoms. The highest BCUT2D eigenvalue weighted by atomic mass is 16.5. The number of methoxy groups -OCH3 is 2. The van der Waals surface area contributed by atoms with E-state index in [1.807, 2.05) is 42.9 Å². The van der Waals surface area contributed by atoms with E-state index in [1.54, 1.807) is 24.3 Å². The first-order valence-electron chi connectivity index (χ1n) is 25.7. The minimum absolute atomic E-state index is 0.0432. The highest BCUT2D eigenvalue weighted by Gasteiger charge is 2.32. The van der Waals surface area contributed by atoms with Crippen LogP contribution in [0.4, 0.5) is 0 Å². The number of rotatable bonds is 25. The summed E-state index contributed by atoms with van der Waals surface area (Å²) in [7, 11) is 11.0. The number of hydrogen-bond acceptors (Lipinski definition) is 12. The van der Waals surface area contributed by atoms with Crippen molar-refractivity contribution >= 4 is 29.3 Å². The number of benzene rings is 2. The van der Waals surface area contributed by atoms with Crippen molar-refractivity contribution in [3.05, 3.63) is 46.5 Å². The Morgan fingerprint density at radius 3 is 1.55 bits per heavy atom. The quantitative estimate of drug-likeness (QED) is 0.0353. The second-order valence-electron chi connectivity index (χ2n) is 19.8. The molecule has 3 aliphatic rings. The van der Waals surface area contributed by atoms with Crippen LogP contribution in [0.15, 0.2) is 29.3 Å². The van der Waals surface area contributed by atoms with Crippen LogP contribution in [0, 0.1) is 17.8 Å². The van der Waals surface area contributed by atoms with Crippen LogP contribution in [0.3, 0.4) is 0 Å². The second-order valence-corrected chi connectivity index (χ2v) is 19.8. The lowest BCUT2D eigenvalue weighted by Crippen LogP contribution is -2.40. The molecule has 7 N–H and O–H groups in total. The molecule has 69 heavy (non-hydrogen) atoms. The first kappa shape index (κ1) is 55.0. The average molecular weight is 961 g/mol. The Bertz CT molecular complexity index is 1990. The highest BCUT2D eigenvalue weighted by molar-refractivity contribution is 6.05. The molecule has 2 aromatic rings. The van der Waals surface area contributed by atoms with Gasteiger partial charge in [0.2, 0.25) is 0 Å². The van der Waals surface area contributed by atoms with Gasteiger partial charge in [-0.25, -0.2) is 4.99 Å². The van der Waals surface area contributed by atoms with E-state index in [4.69, 9.17) is 41.1 Å². The molecule has 2 saturated carbocycles. The highest BCUT2D eigenvalue weighted by Crippen LogP contribution is 2.37. The van der Waals surface area contributed by atoms with E-state index < -0.39 is 0 Å². The van der Waals surface area contributed by atoms with E-state index in [2.05, 4.69) is 5.32 Å². The molecule has 0 atom stereocenters. The molecule has 384 valence electrons. The van der Waals surface area contributed by atoms with Crippen LogP contribution in [0.5, 0.6) is 23.0 Å². The fraction of sp³-hybridized carbons (Fsp3) is 0.679. The number of ether oxygens (including phenoxy) is 4. The SMILES string of the molecule is COc1cc(OC)c(C(=O)CC2CCC(NC(=O)c3cc(C(=O)N4CCC(CN)CC4)c(OCCCCCN)cc3OCCCCCN)CC2)cc1C(=O)CC1CCC(N=C(N(C)C)N(C)C)CC1. The van der Waals surface area contributed by atoms with Gasteiger partial charge in [-0.05, 0) is 152 Å². The number of amides is 2. The summed E-state index contributed by atoms with van der Waals surface area (Å²) in [5.41, 5.74) is 18.8. The Morgan fingerprint density at radius 2 is 1.07 bits per heavy atom. The summed E-state index contributed by atoms with van der Waals surface area (Å²) in [6.07, 6.45) is 13.8. The molecular weight excluding hydrogens is 877 g/mol. The van der Waals surface area contributed by atoms with Gasteiger partial charge in [-0.15, -0.1) is 0 Å². The van der Waals surface area contributed by atoms with Crippen molar-refractivity contribution < 1.29 is 38.1 Å². The molecule has 5 rings (SSSR count). The summed E-state index contributed by atoms with van der Waals surface area (Å²) in [4.78, 5) is 67.4. The van der Waals surface area contributed by atoms with Crippen LogP contribution >= 0.6 is 0 Å². The average Bonchev–Trinajstić information content (AvgIpc) is 3.35. The third-order valence-corrected chi connectivity index (χ3v) is 14.2. The number of likely N-dealkylation sites (tertiary alicyclic amines) is 1. The Labute approximate surface area is 411 Å². The van der Waals surface area contributed by atoms with Gasteiger partial charge in [0.25, 0.3) is 11.8 Å². The van der Waals surface area contributed by atoms with E-state index in [9.17, 15) is 19.2 Å². The topological polar surface area (TPSA) is 217 Å². The largest absolute Gasteiger partial charge is 0.496 e. The van der Waals surface area contributed by atoms with Gasteiger partial charge in [-0.1, -0.05) is 0 Å². The van der Waals surface area contributed by atoms with Gasteiger partial charge >= 0.3 is 0 Å².